The number of hydrogen-bond acceptors (Lipinski definition) is 3. The molecule has 2 aliphatic rings. The summed E-state index contributed by atoms with van der Waals surface area (Å²) in [6.45, 7) is 4.54. The summed E-state index contributed by atoms with van der Waals surface area (Å²) in [7, 11) is 0. The Kier molecular flexibility index (Phi) is 3.59. The molecule has 1 aliphatic heterocycles. The van der Waals surface area contributed by atoms with Crippen LogP contribution in [0.25, 0.3) is 0 Å². The van der Waals surface area contributed by atoms with Gasteiger partial charge in [-0.15, -0.1) is 0 Å². The highest BCUT2D eigenvalue weighted by Gasteiger charge is 2.49. The van der Waals surface area contributed by atoms with Gasteiger partial charge < -0.3 is 14.7 Å². The lowest BCUT2D eigenvalue weighted by Gasteiger charge is -2.46. The molecule has 0 aromatic heterocycles. The van der Waals surface area contributed by atoms with Crippen molar-refractivity contribution in [3.05, 3.63) is 12.7 Å². The van der Waals surface area contributed by atoms with E-state index in [4.69, 9.17) is 4.74 Å². The first-order chi connectivity index (χ1) is 8.57. The summed E-state index contributed by atoms with van der Waals surface area (Å²) >= 11 is 0. The van der Waals surface area contributed by atoms with Crippen molar-refractivity contribution in [1.29, 1.82) is 0 Å². The number of piperidine rings is 1. The van der Waals surface area contributed by atoms with E-state index in [1.54, 1.807) is 4.90 Å². The Balaban J connectivity index is 2.08. The maximum atomic E-state index is 11.8. The molecule has 100 valence electrons. The van der Waals surface area contributed by atoms with Crippen LogP contribution < -0.4 is 0 Å². The van der Waals surface area contributed by atoms with Gasteiger partial charge in [-0.25, -0.2) is 4.79 Å². The first kappa shape index (κ1) is 12.9. The molecular formula is C13H19NO4. The second-order valence-corrected chi connectivity index (χ2v) is 5.29. The van der Waals surface area contributed by atoms with Crippen molar-refractivity contribution in [3.63, 3.8) is 0 Å². The summed E-state index contributed by atoms with van der Waals surface area (Å²) < 4.78 is 5.00. The van der Waals surface area contributed by atoms with Crippen LogP contribution in [0, 0.1) is 11.3 Å². The van der Waals surface area contributed by atoms with Gasteiger partial charge >= 0.3 is 12.1 Å². The Morgan fingerprint density at radius 1 is 1.56 bits per heavy atom. The molecule has 1 heterocycles. The molecule has 2 bridgehead atoms. The van der Waals surface area contributed by atoms with Crippen LogP contribution in [0.3, 0.4) is 0 Å². The minimum atomic E-state index is -0.784. The average Bonchev–Trinajstić information content (AvgIpc) is 2.35. The highest BCUT2D eigenvalue weighted by Crippen LogP contribution is 2.44. The summed E-state index contributed by atoms with van der Waals surface area (Å²) in [4.78, 5) is 24.8. The van der Waals surface area contributed by atoms with Gasteiger partial charge in [0.05, 0.1) is 5.41 Å². The molecule has 2 rings (SSSR count). The number of aliphatic carboxylic acids is 1. The van der Waals surface area contributed by atoms with E-state index < -0.39 is 17.5 Å². The topological polar surface area (TPSA) is 66.8 Å². The quantitative estimate of drug-likeness (QED) is 0.780. The van der Waals surface area contributed by atoms with Crippen LogP contribution >= 0.6 is 0 Å². The average molecular weight is 253 g/mol. The van der Waals surface area contributed by atoms with E-state index in [0.29, 0.717) is 25.3 Å². The van der Waals surface area contributed by atoms with E-state index in [-0.39, 0.29) is 13.2 Å². The van der Waals surface area contributed by atoms with Gasteiger partial charge in [0.15, 0.2) is 0 Å². The zero-order valence-corrected chi connectivity index (χ0v) is 10.4. The Bertz CT molecular complexity index is 368. The van der Waals surface area contributed by atoms with Gasteiger partial charge in [0.25, 0.3) is 0 Å². The Labute approximate surface area is 106 Å². The van der Waals surface area contributed by atoms with Crippen LogP contribution in [0.1, 0.15) is 25.7 Å². The van der Waals surface area contributed by atoms with Crippen LogP contribution in [-0.2, 0) is 9.53 Å². The van der Waals surface area contributed by atoms with Crippen LogP contribution in [0.15, 0.2) is 12.7 Å². The highest BCUT2D eigenvalue weighted by molar-refractivity contribution is 5.77. The molecule has 0 radical (unpaired) electrons. The smallest absolute Gasteiger partial charge is 0.410 e. The molecule has 0 spiro atoms. The minimum absolute atomic E-state index is 0.167. The van der Waals surface area contributed by atoms with Crippen molar-refractivity contribution in [1.82, 2.24) is 4.90 Å². The van der Waals surface area contributed by atoms with E-state index in [9.17, 15) is 14.7 Å². The summed E-state index contributed by atoms with van der Waals surface area (Å²) in [6.07, 6.45) is 4.37. The Hall–Kier alpha value is -1.52. The molecule has 18 heavy (non-hydrogen) atoms. The largest absolute Gasteiger partial charge is 0.481 e. The van der Waals surface area contributed by atoms with Crippen molar-refractivity contribution < 1.29 is 19.4 Å². The first-order valence-corrected chi connectivity index (χ1v) is 6.33. The normalized spacial score (nSPS) is 30.7. The molecule has 5 nitrogen and oxygen atoms in total. The lowest BCUT2D eigenvalue weighted by molar-refractivity contribution is -0.156. The van der Waals surface area contributed by atoms with Crippen molar-refractivity contribution in [3.8, 4) is 0 Å². The molecule has 2 unspecified atom stereocenters. The molecule has 2 fully saturated rings. The van der Waals surface area contributed by atoms with E-state index in [2.05, 4.69) is 6.58 Å². The molecule has 0 aromatic rings. The second kappa shape index (κ2) is 5.00. The maximum absolute atomic E-state index is 11.8. The number of nitrogens with zero attached hydrogens (tertiary/aromatic N) is 1. The van der Waals surface area contributed by atoms with Crippen molar-refractivity contribution in [2.75, 3.05) is 19.7 Å². The van der Waals surface area contributed by atoms with E-state index >= 15 is 0 Å². The SMILES string of the molecule is C=CCOC(=O)N1CC2CCCC(C(=O)O)(C2)C1. The van der Waals surface area contributed by atoms with Crippen molar-refractivity contribution >= 4 is 12.1 Å². The lowest BCUT2D eigenvalue weighted by Crippen LogP contribution is -2.55. The third kappa shape index (κ3) is 2.35. The zero-order chi connectivity index (χ0) is 13.2. The van der Waals surface area contributed by atoms with Gasteiger partial charge in [-0.3, -0.25) is 4.79 Å². The summed E-state index contributed by atoms with van der Waals surface area (Å²) in [6, 6.07) is 0. The molecule has 1 amide bonds. The molecule has 5 heteroatoms. The highest BCUT2D eigenvalue weighted by atomic mass is 16.6. The molecule has 1 saturated heterocycles. The fourth-order valence-electron chi connectivity index (χ4n) is 3.15. The van der Waals surface area contributed by atoms with Crippen LogP contribution in [0.4, 0.5) is 4.79 Å². The van der Waals surface area contributed by atoms with Crippen LogP contribution in [-0.4, -0.2) is 41.8 Å². The summed E-state index contributed by atoms with van der Waals surface area (Å²) in [5.74, 6) is -0.492. The van der Waals surface area contributed by atoms with E-state index in [1.807, 2.05) is 0 Å². The minimum Gasteiger partial charge on any atom is -0.481 e. The third-order valence-corrected chi connectivity index (χ3v) is 3.96. The van der Waals surface area contributed by atoms with Crippen molar-refractivity contribution in [2.24, 2.45) is 11.3 Å². The molecule has 1 saturated carbocycles. The van der Waals surface area contributed by atoms with Gasteiger partial charge in [-0.1, -0.05) is 19.1 Å². The fourth-order valence-corrected chi connectivity index (χ4v) is 3.15. The zero-order valence-electron chi connectivity index (χ0n) is 10.4. The molecule has 1 N–H and O–H groups in total. The number of likely N-dealkylation sites (tertiary alicyclic amines) is 1. The van der Waals surface area contributed by atoms with E-state index in [1.165, 1.54) is 6.08 Å². The number of rotatable bonds is 3. The molecule has 2 atom stereocenters. The van der Waals surface area contributed by atoms with Crippen LogP contribution in [0.5, 0.6) is 0 Å². The number of fused-ring (bicyclic) bond motifs is 2. The first-order valence-electron chi connectivity index (χ1n) is 6.33. The lowest BCUT2D eigenvalue weighted by atomic mass is 9.66. The predicted molar refractivity (Wildman–Crippen MR) is 65.1 cm³/mol. The second-order valence-electron chi connectivity index (χ2n) is 5.29. The van der Waals surface area contributed by atoms with Gasteiger partial charge in [0.1, 0.15) is 6.61 Å². The number of amides is 1. The Morgan fingerprint density at radius 2 is 2.33 bits per heavy atom. The van der Waals surface area contributed by atoms with E-state index in [0.717, 1.165) is 12.8 Å². The number of ether oxygens (including phenoxy) is 1. The van der Waals surface area contributed by atoms with Gasteiger partial charge in [-0.05, 0) is 25.2 Å². The number of hydrogen-bond donors (Lipinski definition) is 1. The standard InChI is InChI=1S/C13H19NO4/c1-2-6-18-12(17)14-8-10-4-3-5-13(7-10,9-14)11(15)16/h2,10H,1,3-9H2,(H,15,16). The van der Waals surface area contributed by atoms with Gasteiger partial charge in [0, 0.05) is 13.1 Å². The predicted octanol–water partition coefficient (Wildman–Crippen LogP) is 1.89. The van der Waals surface area contributed by atoms with Gasteiger partial charge in [-0.2, -0.15) is 0 Å². The number of carbonyl (C=O) groups excluding carboxylic acids is 1. The summed E-state index contributed by atoms with van der Waals surface area (Å²) in [5.41, 5.74) is -0.756. The third-order valence-electron chi connectivity index (χ3n) is 3.96. The fraction of sp³-hybridized carbons (Fsp3) is 0.692. The number of carboxylic acids is 1. The monoisotopic (exact) mass is 253 g/mol. The number of carboxylic acid groups (broad SMARTS) is 1. The van der Waals surface area contributed by atoms with Crippen molar-refractivity contribution in [2.45, 2.75) is 25.7 Å². The molecule has 0 aromatic carbocycles. The maximum Gasteiger partial charge on any atom is 0.410 e. The molecule has 1 aliphatic carbocycles. The number of carbonyl (C=O) groups is 2. The van der Waals surface area contributed by atoms with Gasteiger partial charge in [0.2, 0.25) is 0 Å². The van der Waals surface area contributed by atoms with Crippen LogP contribution in [0.2, 0.25) is 0 Å². The Morgan fingerprint density at radius 3 is 3.00 bits per heavy atom. The molecular weight excluding hydrogens is 234 g/mol. The summed E-state index contributed by atoms with van der Waals surface area (Å²) in [5, 5.41) is 9.42.